The molecule has 0 aromatic heterocycles. The highest BCUT2D eigenvalue weighted by atomic mass is 19.1. The predicted molar refractivity (Wildman–Crippen MR) is 118 cm³/mol. The number of likely N-dealkylation sites (tertiary alicyclic amines) is 1. The summed E-state index contributed by atoms with van der Waals surface area (Å²) < 4.78 is 19.1. The first kappa shape index (κ1) is 23.6. The number of primary amides is 1. The van der Waals surface area contributed by atoms with Gasteiger partial charge < -0.3 is 15.4 Å². The monoisotopic (exact) mass is 434 g/mol. The summed E-state index contributed by atoms with van der Waals surface area (Å²) in [4.78, 5) is 30.4. The molecule has 2 unspecified atom stereocenters. The molecule has 7 nitrogen and oxygen atoms in total. The third-order valence-corrected chi connectivity index (χ3v) is 6.10. The lowest BCUT2D eigenvalue weighted by atomic mass is 9.95. The number of halogens is 1. The third kappa shape index (κ3) is 7.26. The number of rotatable bonds is 8. The first-order valence-corrected chi connectivity index (χ1v) is 11.2. The van der Waals surface area contributed by atoms with Gasteiger partial charge in [-0.25, -0.2) is 4.39 Å². The van der Waals surface area contributed by atoms with Crippen LogP contribution in [0.1, 0.15) is 33.1 Å². The van der Waals surface area contributed by atoms with Crippen molar-refractivity contribution in [2.24, 2.45) is 11.7 Å². The maximum Gasteiger partial charge on any atom is 0.241 e. The largest absolute Gasteiger partial charge is 0.373 e. The van der Waals surface area contributed by atoms with E-state index in [1.807, 2.05) is 0 Å². The zero-order valence-electron chi connectivity index (χ0n) is 18.6. The molecule has 2 aliphatic rings. The number of amides is 2. The second-order valence-electron chi connectivity index (χ2n) is 8.93. The van der Waals surface area contributed by atoms with Gasteiger partial charge in [0.2, 0.25) is 11.8 Å². The van der Waals surface area contributed by atoms with Crippen molar-refractivity contribution in [1.82, 2.24) is 9.80 Å². The lowest BCUT2D eigenvalue weighted by molar-refractivity contribution is -0.120. The number of ether oxygens (including phenoxy) is 1. The van der Waals surface area contributed by atoms with Crippen molar-refractivity contribution in [3.05, 3.63) is 30.1 Å². The molecule has 0 radical (unpaired) electrons. The molecular weight excluding hydrogens is 399 g/mol. The molecule has 2 atom stereocenters. The Kier molecular flexibility index (Phi) is 8.40. The average molecular weight is 435 g/mol. The van der Waals surface area contributed by atoms with Gasteiger partial charge in [-0.3, -0.25) is 19.4 Å². The van der Waals surface area contributed by atoms with E-state index < -0.39 is 5.91 Å². The molecule has 8 heteroatoms. The summed E-state index contributed by atoms with van der Waals surface area (Å²) in [6.07, 6.45) is 2.75. The fraction of sp³-hybridized carbons (Fsp3) is 0.652. The van der Waals surface area contributed by atoms with Crippen LogP contribution in [-0.4, -0.2) is 79.6 Å². The Morgan fingerprint density at radius 1 is 1.10 bits per heavy atom. The summed E-state index contributed by atoms with van der Waals surface area (Å²) in [6, 6.07) is 5.76. The van der Waals surface area contributed by atoms with Crippen molar-refractivity contribution in [1.29, 1.82) is 0 Å². The summed E-state index contributed by atoms with van der Waals surface area (Å²) in [6.45, 7) is 9.53. The van der Waals surface area contributed by atoms with Gasteiger partial charge in [-0.05, 0) is 70.0 Å². The fourth-order valence-corrected chi connectivity index (χ4v) is 4.64. The summed E-state index contributed by atoms with van der Waals surface area (Å²) in [5.74, 6) is -0.293. The Labute approximate surface area is 184 Å². The van der Waals surface area contributed by atoms with Crippen LogP contribution in [0.4, 0.5) is 10.1 Å². The molecule has 3 rings (SSSR count). The standard InChI is InChI=1S/C23H35FN4O3/c1-17-13-27(14-18(2)31-17)15-19-7-10-26(11-8-19)16-23(30)28(12-9-22(25)29)21-5-3-20(24)4-6-21/h3-6,17-19H,7-16H2,1-2H3,(H2,25,29). The molecule has 1 aromatic carbocycles. The quantitative estimate of drug-likeness (QED) is 0.676. The molecular formula is C23H35FN4O3. The number of nitrogens with two attached hydrogens (primary N) is 1. The van der Waals surface area contributed by atoms with Gasteiger partial charge in [0.25, 0.3) is 0 Å². The number of carbonyl (C=O) groups excluding carboxylic acids is 2. The van der Waals surface area contributed by atoms with Gasteiger partial charge >= 0.3 is 0 Å². The second-order valence-corrected chi connectivity index (χ2v) is 8.93. The molecule has 0 aliphatic carbocycles. The van der Waals surface area contributed by atoms with Gasteiger partial charge in [0, 0.05) is 38.3 Å². The Morgan fingerprint density at radius 2 is 1.71 bits per heavy atom. The molecule has 172 valence electrons. The van der Waals surface area contributed by atoms with Gasteiger partial charge in [0.1, 0.15) is 5.82 Å². The maximum atomic E-state index is 13.3. The van der Waals surface area contributed by atoms with E-state index in [4.69, 9.17) is 10.5 Å². The van der Waals surface area contributed by atoms with Crippen molar-refractivity contribution >= 4 is 17.5 Å². The number of benzene rings is 1. The second kappa shape index (κ2) is 11.0. The lowest BCUT2D eigenvalue weighted by Crippen LogP contribution is -2.49. The van der Waals surface area contributed by atoms with Crippen LogP contribution in [0.15, 0.2) is 24.3 Å². The van der Waals surface area contributed by atoms with E-state index in [0.717, 1.165) is 45.6 Å². The van der Waals surface area contributed by atoms with Crippen LogP contribution in [0.25, 0.3) is 0 Å². The molecule has 2 heterocycles. The van der Waals surface area contributed by atoms with Gasteiger partial charge in [-0.1, -0.05) is 0 Å². The van der Waals surface area contributed by atoms with Crippen molar-refractivity contribution in [3.8, 4) is 0 Å². The molecule has 2 amide bonds. The van der Waals surface area contributed by atoms with Gasteiger partial charge in [0.15, 0.2) is 0 Å². The molecule has 2 saturated heterocycles. The molecule has 2 aliphatic heterocycles. The van der Waals surface area contributed by atoms with E-state index >= 15 is 0 Å². The van der Waals surface area contributed by atoms with Crippen LogP contribution in [0.5, 0.6) is 0 Å². The number of hydrogen-bond donors (Lipinski definition) is 1. The minimum Gasteiger partial charge on any atom is -0.373 e. The highest BCUT2D eigenvalue weighted by molar-refractivity contribution is 5.95. The number of anilines is 1. The Balaban J connectivity index is 1.50. The van der Waals surface area contributed by atoms with Crippen molar-refractivity contribution < 1.29 is 18.7 Å². The fourth-order valence-electron chi connectivity index (χ4n) is 4.64. The predicted octanol–water partition coefficient (Wildman–Crippen LogP) is 1.86. The lowest BCUT2D eigenvalue weighted by Gasteiger charge is -2.39. The molecule has 0 spiro atoms. The summed E-state index contributed by atoms with van der Waals surface area (Å²) in [5, 5.41) is 0. The topological polar surface area (TPSA) is 79.1 Å². The minimum atomic E-state index is -0.465. The van der Waals surface area contributed by atoms with Crippen LogP contribution < -0.4 is 10.6 Å². The zero-order valence-corrected chi connectivity index (χ0v) is 18.6. The summed E-state index contributed by atoms with van der Waals surface area (Å²) in [7, 11) is 0. The number of nitrogens with zero attached hydrogens (tertiary/aromatic N) is 3. The normalized spacial score (nSPS) is 23.6. The van der Waals surface area contributed by atoms with E-state index in [1.165, 1.54) is 17.0 Å². The van der Waals surface area contributed by atoms with E-state index in [-0.39, 0.29) is 43.4 Å². The Morgan fingerprint density at radius 3 is 2.29 bits per heavy atom. The Bertz CT molecular complexity index is 727. The van der Waals surface area contributed by atoms with E-state index in [1.54, 1.807) is 12.1 Å². The molecule has 2 N–H and O–H groups in total. The van der Waals surface area contributed by atoms with E-state index in [2.05, 4.69) is 23.6 Å². The zero-order chi connectivity index (χ0) is 22.4. The smallest absolute Gasteiger partial charge is 0.241 e. The van der Waals surface area contributed by atoms with E-state index in [0.29, 0.717) is 11.6 Å². The van der Waals surface area contributed by atoms with Gasteiger partial charge in [0.05, 0.1) is 18.8 Å². The van der Waals surface area contributed by atoms with Crippen LogP contribution in [-0.2, 0) is 14.3 Å². The summed E-state index contributed by atoms with van der Waals surface area (Å²) in [5.41, 5.74) is 5.86. The van der Waals surface area contributed by atoms with Crippen LogP contribution in [0.3, 0.4) is 0 Å². The van der Waals surface area contributed by atoms with Gasteiger partial charge in [-0.15, -0.1) is 0 Å². The average Bonchev–Trinajstić information content (AvgIpc) is 2.70. The molecule has 0 bridgehead atoms. The van der Waals surface area contributed by atoms with Gasteiger partial charge in [-0.2, -0.15) is 0 Å². The molecule has 31 heavy (non-hydrogen) atoms. The summed E-state index contributed by atoms with van der Waals surface area (Å²) >= 11 is 0. The highest BCUT2D eigenvalue weighted by Gasteiger charge is 2.28. The first-order valence-electron chi connectivity index (χ1n) is 11.2. The van der Waals surface area contributed by atoms with Crippen LogP contribution in [0.2, 0.25) is 0 Å². The van der Waals surface area contributed by atoms with Crippen molar-refractivity contribution in [2.75, 3.05) is 50.7 Å². The number of piperidine rings is 1. The van der Waals surface area contributed by atoms with Crippen LogP contribution in [0, 0.1) is 11.7 Å². The molecule has 1 aromatic rings. The van der Waals surface area contributed by atoms with E-state index in [9.17, 15) is 14.0 Å². The molecule has 0 saturated carbocycles. The highest BCUT2D eigenvalue weighted by Crippen LogP contribution is 2.22. The maximum absolute atomic E-state index is 13.3. The number of carbonyl (C=O) groups is 2. The minimum absolute atomic E-state index is 0.0710. The van der Waals surface area contributed by atoms with Crippen molar-refractivity contribution in [3.63, 3.8) is 0 Å². The van der Waals surface area contributed by atoms with Crippen molar-refractivity contribution in [2.45, 2.75) is 45.3 Å². The SMILES string of the molecule is CC1CN(CC2CCN(CC(=O)N(CCC(N)=O)c3ccc(F)cc3)CC2)CC(C)O1. The Hall–Kier alpha value is -2.03. The number of hydrogen-bond acceptors (Lipinski definition) is 5. The third-order valence-electron chi connectivity index (χ3n) is 6.10. The first-order chi connectivity index (χ1) is 14.8. The van der Waals surface area contributed by atoms with Crippen LogP contribution >= 0.6 is 0 Å². The number of morpholine rings is 1. The molecule has 2 fully saturated rings.